The molecule has 0 heterocycles. The summed E-state index contributed by atoms with van der Waals surface area (Å²) in [4.78, 5) is 0. The normalized spacial score (nSPS) is 11.4. The molecule has 0 aliphatic rings. The smallest absolute Gasteiger partial charge is 0.119 e. The molecule has 0 saturated carbocycles. The number of methoxy groups -OCH3 is 1. The van der Waals surface area contributed by atoms with Crippen LogP contribution in [0.5, 0.6) is 11.5 Å². The number of phenolic OH excluding ortho intramolecular Hbond substituents is 1. The van der Waals surface area contributed by atoms with Crippen LogP contribution in [0.2, 0.25) is 0 Å². The van der Waals surface area contributed by atoms with Gasteiger partial charge in [-0.25, -0.2) is 0 Å². The molecule has 0 radical (unpaired) electrons. The van der Waals surface area contributed by atoms with Crippen molar-refractivity contribution in [3.05, 3.63) is 23.8 Å². The molecular weight excluding hydrogens is 178 g/mol. The molecule has 0 aliphatic heterocycles. The highest BCUT2D eigenvalue weighted by atomic mass is 16.5. The van der Waals surface area contributed by atoms with Crippen molar-refractivity contribution in [1.29, 1.82) is 0 Å². The number of ether oxygens (including phenoxy) is 1. The van der Waals surface area contributed by atoms with Gasteiger partial charge in [-0.1, -0.05) is 13.8 Å². The van der Waals surface area contributed by atoms with E-state index >= 15 is 0 Å². The average Bonchev–Trinajstić information content (AvgIpc) is 2.18. The van der Waals surface area contributed by atoms with Crippen molar-refractivity contribution in [2.24, 2.45) is 5.73 Å². The van der Waals surface area contributed by atoms with Crippen LogP contribution in [0.1, 0.15) is 19.4 Å². The molecule has 0 unspecified atom stereocenters. The lowest BCUT2D eigenvalue weighted by atomic mass is 9.84. The van der Waals surface area contributed by atoms with Crippen molar-refractivity contribution >= 4 is 0 Å². The lowest BCUT2D eigenvalue weighted by Crippen LogP contribution is -2.28. The van der Waals surface area contributed by atoms with Crippen LogP contribution in [0.3, 0.4) is 0 Å². The Kier molecular flexibility index (Phi) is 3.01. The van der Waals surface area contributed by atoms with E-state index in [4.69, 9.17) is 10.5 Å². The predicted octanol–water partition coefficient (Wildman–Crippen LogP) is 1.64. The van der Waals surface area contributed by atoms with Gasteiger partial charge in [0.2, 0.25) is 0 Å². The maximum atomic E-state index is 9.69. The molecule has 0 aromatic heterocycles. The van der Waals surface area contributed by atoms with Crippen LogP contribution in [0.4, 0.5) is 0 Å². The largest absolute Gasteiger partial charge is 0.508 e. The molecular formula is C11H17NO2. The van der Waals surface area contributed by atoms with Gasteiger partial charge >= 0.3 is 0 Å². The van der Waals surface area contributed by atoms with Crippen molar-refractivity contribution in [1.82, 2.24) is 0 Å². The van der Waals surface area contributed by atoms with Crippen molar-refractivity contribution in [3.63, 3.8) is 0 Å². The first kappa shape index (κ1) is 10.9. The summed E-state index contributed by atoms with van der Waals surface area (Å²) >= 11 is 0. The average molecular weight is 195 g/mol. The van der Waals surface area contributed by atoms with Crippen molar-refractivity contribution in [2.45, 2.75) is 19.3 Å². The highest BCUT2D eigenvalue weighted by molar-refractivity contribution is 5.43. The SMILES string of the molecule is COc1ccc(O)c(C(C)(C)CN)c1. The van der Waals surface area contributed by atoms with Crippen LogP contribution < -0.4 is 10.5 Å². The van der Waals surface area contributed by atoms with Crippen molar-refractivity contribution in [2.75, 3.05) is 13.7 Å². The molecule has 0 bridgehead atoms. The molecule has 3 nitrogen and oxygen atoms in total. The summed E-state index contributed by atoms with van der Waals surface area (Å²) in [5, 5.41) is 9.69. The molecule has 1 rings (SSSR count). The highest BCUT2D eigenvalue weighted by Gasteiger charge is 2.22. The van der Waals surface area contributed by atoms with E-state index in [9.17, 15) is 5.11 Å². The number of phenols is 1. The first-order valence-electron chi connectivity index (χ1n) is 4.59. The zero-order valence-corrected chi connectivity index (χ0v) is 8.87. The second-order valence-corrected chi connectivity index (χ2v) is 3.97. The number of aromatic hydroxyl groups is 1. The second kappa shape index (κ2) is 3.88. The van der Waals surface area contributed by atoms with Gasteiger partial charge in [-0.05, 0) is 18.2 Å². The number of rotatable bonds is 3. The van der Waals surface area contributed by atoms with Crippen LogP contribution in [0, 0.1) is 0 Å². The number of nitrogens with two attached hydrogens (primary N) is 1. The molecule has 3 N–H and O–H groups in total. The zero-order chi connectivity index (χ0) is 10.8. The monoisotopic (exact) mass is 195 g/mol. The van der Waals surface area contributed by atoms with E-state index in [-0.39, 0.29) is 11.2 Å². The molecule has 0 amide bonds. The topological polar surface area (TPSA) is 55.5 Å². The van der Waals surface area contributed by atoms with Crippen LogP contribution in [-0.2, 0) is 5.41 Å². The molecule has 3 heteroatoms. The van der Waals surface area contributed by atoms with Crippen molar-refractivity contribution in [3.8, 4) is 11.5 Å². The lowest BCUT2D eigenvalue weighted by molar-refractivity contribution is 0.403. The minimum absolute atomic E-state index is 0.237. The fraction of sp³-hybridized carbons (Fsp3) is 0.455. The summed E-state index contributed by atoms with van der Waals surface area (Å²) in [7, 11) is 1.60. The van der Waals surface area contributed by atoms with E-state index in [1.165, 1.54) is 0 Å². The molecule has 78 valence electrons. The van der Waals surface area contributed by atoms with Gasteiger partial charge in [0, 0.05) is 17.5 Å². The third kappa shape index (κ3) is 1.99. The Bertz CT molecular complexity index is 321. The van der Waals surface area contributed by atoms with Gasteiger partial charge in [0.25, 0.3) is 0 Å². The van der Waals surface area contributed by atoms with E-state index in [1.807, 2.05) is 19.9 Å². The van der Waals surface area contributed by atoms with E-state index < -0.39 is 0 Å². The first-order valence-corrected chi connectivity index (χ1v) is 4.59. The second-order valence-electron chi connectivity index (χ2n) is 3.97. The zero-order valence-electron chi connectivity index (χ0n) is 8.87. The number of hydrogen-bond acceptors (Lipinski definition) is 3. The molecule has 1 aromatic rings. The minimum atomic E-state index is -0.237. The molecule has 0 atom stereocenters. The Morgan fingerprint density at radius 2 is 2.07 bits per heavy atom. The predicted molar refractivity (Wildman–Crippen MR) is 56.7 cm³/mol. The van der Waals surface area contributed by atoms with Gasteiger partial charge in [-0.2, -0.15) is 0 Å². The van der Waals surface area contributed by atoms with Gasteiger partial charge in [0.1, 0.15) is 11.5 Å². The maximum Gasteiger partial charge on any atom is 0.119 e. The van der Waals surface area contributed by atoms with E-state index in [0.717, 1.165) is 11.3 Å². The van der Waals surface area contributed by atoms with Gasteiger partial charge < -0.3 is 15.6 Å². The Morgan fingerprint density at radius 1 is 1.43 bits per heavy atom. The third-order valence-electron chi connectivity index (χ3n) is 2.44. The Labute approximate surface area is 84.5 Å². The number of hydrogen-bond donors (Lipinski definition) is 2. The Morgan fingerprint density at radius 3 is 2.57 bits per heavy atom. The summed E-state index contributed by atoms with van der Waals surface area (Å²) in [5.74, 6) is 1.00. The molecule has 0 fully saturated rings. The summed E-state index contributed by atoms with van der Waals surface area (Å²) in [6.07, 6.45) is 0. The quantitative estimate of drug-likeness (QED) is 0.770. The Balaban J connectivity index is 3.18. The fourth-order valence-corrected chi connectivity index (χ4v) is 1.29. The molecule has 14 heavy (non-hydrogen) atoms. The van der Waals surface area contributed by atoms with Gasteiger partial charge in [-0.15, -0.1) is 0 Å². The van der Waals surface area contributed by atoms with Gasteiger partial charge in [-0.3, -0.25) is 0 Å². The van der Waals surface area contributed by atoms with Gasteiger partial charge in [0.15, 0.2) is 0 Å². The lowest BCUT2D eigenvalue weighted by Gasteiger charge is -2.24. The molecule has 0 saturated heterocycles. The summed E-state index contributed by atoms with van der Waals surface area (Å²) in [6, 6.07) is 5.18. The Hall–Kier alpha value is -1.22. The fourth-order valence-electron chi connectivity index (χ4n) is 1.29. The van der Waals surface area contributed by atoms with Gasteiger partial charge in [0.05, 0.1) is 7.11 Å². The minimum Gasteiger partial charge on any atom is -0.508 e. The third-order valence-corrected chi connectivity index (χ3v) is 2.44. The van der Waals surface area contributed by atoms with Crippen LogP contribution in [0.15, 0.2) is 18.2 Å². The van der Waals surface area contributed by atoms with Crippen LogP contribution >= 0.6 is 0 Å². The van der Waals surface area contributed by atoms with E-state index in [0.29, 0.717) is 6.54 Å². The standard InChI is InChI=1S/C11H17NO2/c1-11(2,7-12)9-6-8(14-3)4-5-10(9)13/h4-6,13H,7,12H2,1-3H3. The molecule has 0 spiro atoms. The summed E-state index contributed by atoms with van der Waals surface area (Å²) < 4.78 is 5.10. The molecule has 0 aliphatic carbocycles. The van der Waals surface area contributed by atoms with Crippen LogP contribution in [-0.4, -0.2) is 18.8 Å². The first-order chi connectivity index (χ1) is 6.51. The summed E-state index contributed by atoms with van der Waals surface area (Å²) in [5.41, 5.74) is 6.23. The van der Waals surface area contributed by atoms with Crippen molar-refractivity contribution < 1.29 is 9.84 Å². The van der Waals surface area contributed by atoms with E-state index in [2.05, 4.69) is 0 Å². The highest BCUT2D eigenvalue weighted by Crippen LogP contribution is 2.32. The summed E-state index contributed by atoms with van der Waals surface area (Å²) in [6.45, 7) is 4.46. The van der Waals surface area contributed by atoms with Crippen LogP contribution in [0.25, 0.3) is 0 Å². The van der Waals surface area contributed by atoms with E-state index in [1.54, 1.807) is 19.2 Å². The number of benzene rings is 1. The maximum absolute atomic E-state index is 9.69. The molecule has 1 aromatic carbocycles.